The summed E-state index contributed by atoms with van der Waals surface area (Å²) in [4.78, 5) is 21.4. The van der Waals surface area contributed by atoms with Crippen molar-refractivity contribution in [2.24, 2.45) is 5.73 Å². The van der Waals surface area contributed by atoms with Crippen LogP contribution in [0.2, 0.25) is 0 Å². The molecule has 15 heavy (non-hydrogen) atoms. The normalized spacial score (nSPS) is 19.6. The molecule has 0 radical (unpaired) electrons. The van der Waals surface area contributed by atoms with E-state index in [1.54, 1.807) is 0 Å². The van der Waals surface area contributed by atoms with Crippen molar-refractivity contribution in [3.63, 3.8) is 0 Å². The standard InChI is InChI=1S/C8H15N3O4/c9-7(12)15-4-2-10-8(13)11-6-1-3-14-5-6/h6H,1-5H2,(H2,9,12)(H2,10,11,13). The van der Waals surface area contributed by atoms with Crippen LogP contribution in [0, 0.1) is 0 Å². The monoisotopic (exact) mass is 217 g/mol. The summed E-state index contributed by atoms with van der Waals surface area (Å²) in [6.07, 6.45) is -0.0213. The third-order valence-corrected chi connectivity index (χ3v) is 1.90. The van der Waals surface area contributed by atoms with Crippen molar-refractivity contribution in [1.82, 2.24) is 10.6 Å². The number of ether oxygens (including phenoxy) is 2. The van der Waals surface area contributed by atoms with Crippen molar-refractivity contribution in [1.29, 1.82) is 0 Å². The van der Waals surface area contributed by atoms with E-state index in [2.05, 4.69) is 15.4 Å². The molecule has 0 aromatic heterocycles. The van der Waals surface area contributed by atoms with Crippen LogP contribution in [0.3, 0.4) is 0 Å². The zero-order chi connectivity index (χ0) is 11.1. The van der Waals surface area contributed by atoms with Crippen LogP contribution < -0.4 is 16.4 Å². The van der Waals surface area contributed by atoms with Crippen LogP contribution >= 0.6 is 0 Å². The minimum absolute atomic E-state index is 0.0714. The van der Waals surface area contributed by atoms with E-state index in [1.165, 1.54) is 0 Å². The Kier molecular flexibility index (Phi) is 4.69. The number of carbonyl (C=O) groups is 2. The Morgan fingerprint density at radius 1 is 1.53 bits per heavy atom. The number of urea groups is 1. The molecule has 0 aliphatic carbocycles. The Morgan fingerprint density at radius 2 is 2.33 bits per heavy atom. The topological polar surface area (TPSA) is 103 Å². The van der Waals surface area contributed by atoms with Crippen LogP contribution in [-0.4, -0.2) is 44.5 Å². The number of carbonyl (C=O) groups excluding carboxylic acids is 2. The zero-order valence-electron chi connectivity index (χ0n) is 8.32. The summed E-state index contributed by atoms with van der Waals surface area (Å²) >= 11 is 0. The lowest BCUT2D eigenvalue weighted by molar-refractivity contribution is 0.156. The number of nitrogens with two attached hydrogens (primary N) is 1. The quantitative estimate of drug-likeness (QED) is 0.535. The molecule has 1 unspecified atom stereocenters. The molecular formula is C8H15N3O4. The second-order valence-electron chi connectivity index (χ2n) is 3.13. The van der Waals surface area contributed by atoms with Gasteiger partial charge >= 0.3 is 12.1 Å². The van der Waals surface area contributed by atoms with Crippen molar-refractivity contribution in [3.05, 3.63) is 0 Å². The number of nitrogens with one attached hydrogen (secondary N) is 2. The minimum atomic E-state index is -0.846. The van der Waals surface area contributed by atoms with Crippen molar-refractivity contribution < 1.29 is 19.1 Å². The van der Waals surface area contributed by atoms with Gasteiger partial charge in [-0.15, -0.1) is 0 Å². The molecule has 1 aliphatic heterocycles. The van der Waals surface area contributed by atoms with E-state index in [9.17, 15) is 9.59 Å². The molecule has 1 saturated heterocycles. The number of rotatable bonds is 4. The Hall–Kier alpha value is -1.50. The largest absolute Gasteiger partial charge is 0.448 e. The highest BCUT2D eigenvalue weighted by Gasteiger charge is 2.17. The summed E-state index contributed by atoms with van der Waals surface area (Å²) in [5.74, 6) is 0. The lowest BCUT2D eigenvalue weighted by Crippen LogP contribution is -2.43. The summed E-state index contributed by atoms with van der Waals surface area (Å²) in [6, 6.07) is -0.222. The number of hydrogen-bond acceptors (Lipinski definition) is 4. The summed E-state index contributed by atoms with van der Waals surface area (Å²) in [7, 11) is 0. The summed E-state index contributed by atoms with van der Waals surface area (Å²) in [5.41, 5.74) is 4.74. The highest BCUT2D eigenvalue weighted by atomic mass is 16.5. The van der Waals surface area contributed by atoms with E-state index in [4.69, 9.17) is 10.5 Å². The first kappa shape index (κ1) is 11.6. The number of primary amides is 1. The highest BCUT2D eigenvalue weighted by Crippen LogP contribution is 2.02. The maximum absolute atomic E-state index is 11.2. The lowest BCUT2D eigenvalue weighted by Gasteiger charge is -2.11. The van der Waals surface area contributed by atoms with Crippen molar-refractivity contribution >= 4 is 12.1 Å². The van der Waals surface area contributed by atoms with E-state index in [0.29, 0.717) is 13.2 Å². The second kappa shape index (κ2) is 6.07. The molecule has 1 rings (SSSR count). The van der Waals surface area contributed by atoms with E-state index >= 15 is 0 Å². The molecule has 1 atom stereocenters. The van der Waals surface area contributed by atoms with Gasteiger partial charge in [-0.05, 0) is 6.42 Å². The van der Waals surface area contributed by atoms with Crippen LogP contribution in [0.4, 0.5) is 9.59 Å². The molecule has 0 spiro atoms. The lowest BCUT2D eigenvalue weighted by atomic mass is 10.3. The zero-order valence-corrected chi connectivity index (χ0v) is 8.32. The molecule has 0 bridgehead atoms. The molecule has 3 amide bonds. The van der Waals surface area contributed by atoms with Gasteiger partial charge in [0.05, 0.1) is 19.2 Å². The Labute approximate surface area is 87.3 Å². The maximum Gasteiger partial charge on any atom is 0.404 e. The van der Waals surface area contributed by atoms with Crippen LogP contribution in [-0.2, 0) is 9.47 Å². The fourth-order valence-electron chi connectivity index (χ4n) is 1.20. The summed E-state index contributed by atoms with van der Waals surface area (Å²) in [6.45, 7) is 1.53. The molecule has 1 aliphatic rings. The van der Waals surface area contributed by atoms with Gasteiger partial charge in [0, 0.05) is 6.61 Å². The molecule has 7 heteroatoms. The average molecular weight is 217 g/mol. The Balaban J connectivity index is 2.00. The average Bonchev–Trinajstić information content (AvgIpc) is 2.64. The van der Waals surface area contributed by atoms with Gasteiger partial charge in [0.15, 0.2) is 0 Å². The molecule has 4 N–H and O–H groups in total. The molecule has 7 nitrogen and oxygen atoms in total. The summed E-state index contributed by atoms with van der Waals surface area (Å²) in [5, 5.41) is 5.25. The van der Waals surface area contributed by atoms with Crippen LogP contribution in [0.1, 0.15) is 6.42 Å². The maximum atomic E-state index is 11.2. The Bertz CT molecular complexity index is 228. The SMILES string of the molecule is NC(=O)OCCNC(=O)NC1CCOC1. The first-order valence-corrected chi connectivity index (χ1v) is 4.73. The van der Waals surface area contributed by atoms with Gasteiger partial charge in [-0.2, -0.15) is 0 Å². The fraction of sp³-hybridized carbons (Fsp3) is 0.750. The van der Waals surface area contributed by atoms with E-state index in [0.717, 1.165) is 6.42 Å². The van der Waals surface area contributed by atoms with E-state index < -0.39 is 6.09 Å². The van der Waals surface area contributed by atoms with Gasteiger partial charge in [0.2, 0.25) is 0 Å². The van der Waals surface area contributed by atoms with Crippen LogP contribution in [0.15, 0.2) is 0 Å². The Morgan fingerprint density at radius 3 is 2.93 bits per heavy atom. The van der Waals surface area contributed by atoms with Crippen molar-refractivity contribution in [2.45, 2.75) is 12.5 Å². The predicted octanol–water partition coefficient (Wildman–Crippen LogP) is -0.830. The minimum Gasteiger partial charge on any atom is -0.448 e. The van der Waals surface area contributed by atoms with E-state index in [-0.39, 0.29) is 25.2 Å². The number of hydrogen-bond donors (Lipinski definition) is 3. The van der Waals surface area contributed by atoms with E-state index in [1.807, 2.05) is 0 Å². The first-order valence-electron chi connectivity index (χ1n) is 4.73. The van der Waals surface area contributed by atoms with Gasteiger partial charge in [0.1, 0.15) is 6.61 Å². The second-order valence-corrected chi connectivity index (χ2v) is 3.13. The van der Waals surface area contributed by atoms with Gasteiger partial charge in [-0.1, -0.05) is 0 Å². The smallest absolute Gasteiger partial charge is 0.404 e. The van der Waals surface area contributed by atoms with Crippen molar-refractivity contribution in [2.75, 3.05) is 26.4 Å². The summed E-state index contributed by atoms with van der Waals surface area (Å²) < 4.78 is 9.52. The van der Waals surface area contributed by atoms with Gasteiger partial charge in [0.25, 0.3) is 0 Å². The van der Waals surface area contributed by atoms with Crippen LogP contribution in [0.5, 0.6) is 0 Å². The number of amides is 3. The molecule has 0 aromatic carbocycles. The molecule has 0 saturated carbocycles. The first-order chi connectivity index (χ1) is 7.18. The molecule has 1 heterocycles. The van der Waals surface area contributed by atoms with Gasteiger partial charge < -0.3 is 25.8 Å². The van der Waals surface area contributed by atoms with Gasteiger partial charge in [-0.3, -0.25) is 0 Å². The molecule has 0 aromatic rings. The fourth-order valence-corrected chi connectivity index (χ4v) is 1.20. The third kappa shape index (κ3) is 5.06. The predicted molar refractivity (Wildman–Crippen MR) is 51.3 cm³/mol. The molecule has 1 fully saturated rings. The highest BCUT2D eigenvalue weighted by molar-refractivity contribution is 5.74. The molecule has 86 valence electrons. The van der Waals surface area contributed by atoms with Gasteiger partial charge in [-0.25, -0.2) is 9.59 Å². The van der Waals surface area contributed by atoms with Crippen LogP contribution in [0.25, 0.3) is 0 Å². The third-order valence-electron chi connectivity index (χ3n) is 1.90. The van der Waals surface area contributed by atoms with Crippen molar-refractivity contribution in [3.8, 4) is 0 Å². The molecular weight excluding hydrogens is 202 g/mol.